The molecule has 0 spiro atoms. The number of aliphatic carboxylic acids is 1. The van der Waals surface area contributed by atoms with Gasteiger partial charge in [0.2, 0.25) is 0 Å². The molecule has 1 atom stereocenters. The highest BCUT2D eigenvalue weighted by atomic mass is 79.9. The Labute approximate surface area is 121 Å². The van der Waals surface area contributed by atoms with Gasteiger partial charge in [0.05, 0.1) is 5.41 Å². The van der Waals surface area contributed by atoms with Crippen molar-refractivity contribution in [3.05, 3.63) is 28.7 Å². The number of benzene rings is 1. The normalized spacial score (nSPS) is 23.5. The van der Waals surface area contributed by atoms with Crippen LogP contribution in [0.15, 0.2) is 28.7 Å². The Balaban J connectivity index is 1.77. The van der Waals surface area contributed by atoms with Gasteiger partial charge in [-0.05, 0) is 38.1 Å². The van der Waals surface area contributed by atoms with Gasteiger partial charge in [-0.2, -0.15) is 0 Å². The molecule has 4 nitrogen and oxygen atoms in total. The first-order chi connectivity index (χ1) is 8.99. The highest BCUT2D eigenvalue weighted by molar-refractivity contribution is 9.10. The standard InChI is InChI=1S/C14H18BrNO3/c1-14(13(17)18)5-6-16(10-14)7-8-19-12-4-2-3-11(15)9-12/h2-4,9H,5-8,10H2,1H3,(H,17,18). The molecule has 1 aliphatic rings. The Bertz CT molecular complexity index is 466. The van der Waals surface area contributed by atoms with Gasteiger partial charge in [0.1, 0.15) is 12.4 Å². The molecule has 2 rings (SSSR count). The molecule has 1 unspecified atom stereocenters. The van der Waals surface area contributed by atoms with Gasteiger partial charge in [0.15, 0.2) is 0 Å². The second-order valence-corrected chi connectivity index (χ2v) is 6.11. The second kappa shape index (κ2) is 5.92. The van der Waals surface area contributed by atoms with Crippen molar-refractivity contribution in [3.8, 4) is 5.75 Å². The summed E-state index contributed by atoms with van der Waals surface area (Å²) in [6.07, 6.45) is 0.708. The highest BCUT2D eigenvalue weighted by Crippen LogP contribution is 2.29. The lowest BCUT2D eigenvalue weighted by atomic mass is 9.90. The van der Waals surface area contributed by atoms with Gasteiger partial charge in [-0.15, -0.1) is 0 Å². The molecule has 1 N–H and O–H groups in total. The van der Waals surface area contributed by atoms with Crippen LogP contribution < -0.4 is 4.74 Å². The monoisotopic (exact) mass is 327 g/mol. The first-order valence-electron chi connectivity index (χ1n) is 6.34. The van der Waals surface area contributed by atoms with Crippen molar-refractivity contribution < 1.29 is 14.6 Å². The fraction of sp³-hybridized carbons (Fsp3) is 0.500. The summed E-state index contributed by atoms with van der Waals surface area (Å²) in [6.45, 7) is 4.57. The van der Waals surface area contributed by atoms with Crippen molar-refractivity contribution >= 4 is 21.9 Å². The molecule has 0 bridgehead atoms. The van der Waals surface area contributed by atoms with Crippen LogP contribution in [-0.2, 0) is 4.79 Å². The first kappa shape index (κ1) is 14.3. The van der Waals surface area contributed by atoms with Crippen molar-refractivity contribution in [2.45, 2.75) is 13.3 Å². The predicted molar refractivity (Wildman–Crippen MR) is 76.4 cm³/mol. The Morgan fingerprint density at radius 2 is 2.37 bits per heavy atom. The molecule has 0 amide bonds. The third kappa shape index (κ3) is 3.70. The van der Waals surface area contributed by atoms with Crippen LogP contribution in [0.1, 0.15) is 13.3 Å². The molecule has 5 heteroatoms. The first-order valence-corrected chi connectivity index (χ1v) is 7.13. The molecule has 1 saturated heterocycles. The Kier molecular flexibility index (Phi) is 4.47. The van der Waals surface area contributed by atoms with Gasteiger partial charge in [0.25, 0.3) is 0 Å². The largest absolute Gasteiger partial charge is 0.492 e. The minimum absolute atomic E-state index is 0.576. The van der Waals surface area contributed by atoms with Crippen molar-refractivity contribution in [2.24, 2.45) is 5.41 Å². The maximum atomic E-state index is 11.1. The summed E-state index contributed by atoms with van der Waals surface area (Å²) in [7, 11) is 0. The van der Waals surface area contributed by atoms with Gasteiger partial charge in [-0.3, -0.25) is 9.69 Å². The van der Waals surface area contributed by atoms with Crippen LogP contribution in [0.2, 0.25) is 0 Å². The van der Waals surface area contributed by atoms with Crippen LogP contribution in [0, 0.1) is 5.41 Å². The molecule has 0 radical (unpaired) electrons. The van der Waals surface area contributed by atoms with Crippen molar-refractivity contribution in [2.75, 3.05) is 26.2 Å². The van der Waals surface area contributed by atoms with E-state index in [2.05, 4.69) is 20.8 Å². The van der Waals surface area contributed by atoms with E-state index < -0.39 is 11.4 Å². The number of halogens is 1. The van der Waals surface area contributed by atoms with Crippen molar-refractivity contribution in [1.82, 2.24) is 4.90 Å². The molecule has 1 aliphatic heterocycles. The lowest BCUT2D eigenvalue weighted by Crippen LogP contribution is -2.33. The van der Waals surface area contributed by atoms with E-state index in [-0.39, 0.29) is 0 Å². The molecule has 0 saturated carbocycles. The number of carboxylic acid groups (broad SMARTS) is 1. The Hall–Kier alpha value is -1.07. The van der Waals surface area contributed by atoms with Crippen LogP contribution in [-0.4, -0.2) is 42.2 Å². The smallest absolute Gasteiger partial charge is 0.310 e. The van der Waals surface area contributed by atoms with Crippen molar-refractivity contribution in [1.29, 1.82) is 0 Å². The van der Waals surface area contributed by atoms with E-state index in [1.807, 2.05) is 31.2 Å². The zero-order valence-electron chi connectivity index (χ0n) is 10.9. The van der Waals surface area contributed by atoms with E-state index in [9.17, 15) is 4.79 Å². The molecule has 104 valence electrons. The van der Waals surface area contributed by atoms with Gasteiger partial charge in [-0.25, -0.2) is 0 Å². The van der Waals surface area contributed by atoms with Crippen LogP contribution in [0.5, 0.6) is 5.75 Å². The zero-order valence-corrected chi connectivity index (χ0v) is 12.5. The summed E-state index contributed by atoms with van der Waals surface area (Å²) in [5, 5.41) is 9.16. The maximum absolute atomic E-state index is 11.1. The summed E-state index contributed by atoms with van der Waals surface area (Å²) < 4.78 is 6.65. The highest BCUT2D eigenvalue weighted by Gasteiger charge is 2.40. The summed E-state index contributed by atoms with van der Waals surface area (Å²) in [6, 6.07) is 7.71. The number of hydrogen-bond donors (Lipinski definition) is 1. The predicted octanol–water partition coefficient (Wildman–Crippen LogP) is 2.62. The van der Waals surface area contributed by atoms with E-state index in [1.54, 1.807) is 0 Å². The average molecular weight is 328 g/mol. The van der Waals surface area contributed by atoms with Gasteiger partial charge in [-0.1, -0.05) is 22.0 Å². The fourth-order valence-corrected chi connectivity index (χ4v) is 2.65. The topological polar surface area (TPSA) is 49.8 Å². The molecule has 1 aromatic rings. The maximum Gasteiger partial charge on any atom is 0.310 e. The van der Waals surface area contributed by atoms with Gasteiger partial charge in [0, 0.05) is 17.6 Å². The van der Waals surface area contributed by atoms with Crippen LogP contribution in [0.4, 0.5) is 0 Å². The van der Waals surface area contributed by atoms with Crippen molar-refractivity contribution in [3.63, 3.8) is 0 Å². The SMILES string of the molecule is CC1(C(=O)O)CCN(CCOc2cccc(Br)c2)C1. The van der Waals surface area contributed by atoms with Crippen LogP contribution in [0.3, 0.4) is 0 Å². The van der Waals surface area contributed by atoms with Gasteiger partial charge >= 0.3 is 5.97 Å². The third-order valence-electron chi connectivity index (χ3n) is 3.54. The molecular formula is C14H18BrNO3. The number of rotatable bonds is 5. The number of ether oxygens (including phenoxy) is 1. The summed E-state index contributed by atoms with van der Waals surface area (Å²) in [5.74, 6) is 0.123. The number of carbonyl (C=O) groups is 1. The van der Waals surface area contributed by atoms with E-state index in [4.69, 9.17) is 9.84 Å². The minimum Gasteiger partial charge on any atom is -0.492 e. The molecule has 1 heterocycles. The molecule has 19 heavy (non-hydrogen) atoms. The number of likely N-dealkylation sites (tertiary alicyclic amines) is 1. The number of nitrogens with zero attached hydrogens (tertiary/aromatic N) is 1. The Morgan fingerprint density at radius 3 is 3.00 bits per heavy atom. The summed E-state index contributed by atoms with van der Waals surface area (Å²) in [5.41, 5.74) is -0.601. The lowest BCUT2D eigenvalue weighted by Gasteiger charge is -2.20. The summed E-state index contributed by atoms with van der Waals surface area (Å²) in [4.78, 5) is 13.3. The molecule has 1 aromatic carbocycles. The van der Waals surface area contributed by atoms with E-state index in [0.717, 1.165) is 23.3 Å². The van der Waals surface area contributed by atoms with Crippen LogP contribution in [0.25, 0.3) is 0 Å². The average Bonchev–Trinajstić information content (AvgIpc) is 2.73. The molecular weight excluding hydrogens is 310 g/mol. The minimum atomic E-state index is -0.706. The fourth-order valence-electron chi connectivity index (χ4n) is 2.27. The van der Waals surface area contributed by atoms with Crippen LogP contribution >= 0.6 is 15.9 Å². The molecule has 0 aromatic heterocycles. The second-order valence-electron chi connectivity index (χ2n) is 5.20. The van der Waals surface area contributed by atoms with Gasteiger partial charge < -0.3 is 9.84 Å². The Morgan fingerprint density at radius 1 is 1.58 bits per heavy atom. The zero-order chi connectivity index (χ0) is 13.9. The lowest BCUT2D eigenvalue weighted by molar-refractivity contribution is -0.147. The quantitative estimate of drug-likeness (QED) is 0.903. The van der Waals surface area contributed by atoms with E-state index >= 15 is 0 Å². The third-order valence-corrected chi connectivity index (χ3v) is 4.03. The van der Waals surface area contributed by atoms with E-state index in [0.29, 0.717) is 19.6 Å². The molecule has 1 fully saturated rings. The number of hydrogen-bond acceptors (Lipinski definition) is 3. The molecule has 0 aliphatic carbocycles. The summed E-state index contributed by atoms with van der Waals surface area (Å²) >= 11 is 3.40. The number of carboxylic acids is 1. The van der Waals surface area contributed by atoms with E-state index in [1.165, 1.54) is 0 Å².